The van der Waals surface area contributed by atoms with E-state index in [-0.39, 0.29) is 0 Å². The zero-order valence-corrected chi connectivity index (χ0v) is 15.1. The van der Waals surface area contributed by atoms with Crippen molar-refractivity contribution in [2.45, 2.75) is 39.3 Å². The van der Waals surface area contributed by atoms with Crippen molar-refractivity contribution in [2.75, 3.05) is 11.9 Å². The molecular weight excluding hydrogens is 308 g/mol. The Bertz CT molecular complexity index is 892. The minimum Gasteiger partial charge on any atom is -0.370 e. The predicted octanol–water partition coefficient (Wildman–Crippen LogP) is 4.92. The van der Waals surface area contributed by atoms with Gasteiger partial charge < -0.3 is 4.90 Å². The van der Waals surface area contributed by atoms with Gasteiger partial charge in [-0.15, -0.1) is 5.10 Å². The molecule has 2 heterocycles. The topological polar surface area (TPSA) is 34.0 Å². The lowest BCUT2D eigenvalue weighted by Gasteiger charge is -2.27. The van der Waals surface area contributed by atoms with Gasteiger partial charge in [0.25, 0.3) is 0 Å². The van der Waals surface area contributed by atoms with Gasteiger partial charge in [-0.2, -0.15) is 0 Å². The molecule has 0 radical (unpaired) electrons. The molecule has 4 rings (SSSR count). The molecule has 0 spiro atoms. The van der Waals surface area contributed by atoms with E-state index < -0.39 is 0 Å². The maximum atomic E-state index is 4.64. The first-order valence-corrected chi connectivity index (χ1v) is 9.08. The van der Waals surface area contributed by atoms with Gasteiger partial charge in [0.15, 0.2) is 0 Å². The van der Waals surface area contributed by atoms with Crippen molar-refractivity contribution in [3.8, 4) is 22.5 Å². The van der Waals surface area contributed by atoms with Crippen molar-refractivity contribution in [1.29, 1.82) is 0 Å². The van der Waals surface area contributed by atoms with Gasteiger partial charge in [0.05, 0.1) is 11.7 Å². The van der Waals surface area contributed by atoms with Crippen LogP contribution in [0.25, 0.3) is 22.5 Å². The van der Waals surface area contributed by atoms with Crippen molar-refractivity contribution in [3.05, 3.63) is 54.1 Å². The lowest BCUT2D eigenvalue weighted by Crippen LogP contribution is -2.20. The number of hydrogen-bond acceptors (Lipinski definition) is 3. The summed E-state index contributed by atoms with van der Waals surface area (Å²) < 4.78 is 2.15. The molecule has 3 aromatic rings. The van der Waals surface area contributed by atoms with Crippen LogP contribution in [0.15, 0.2) is 48.5 Å². The van der Waals surface area contributed by atoms with E-state index in [0.717, 1.165) is 36.3 Å². The highest BCUT2D eigenvalue weighted by Gasteiger charge is 2.26. The van der Waals surface area contributed by atoms with Crippen LogP contribution in [0.1, 0.15) is 38.3 Å². The van der Waals surface area contributed by atoms with Gasteiger partial charge in [0.2, 0.25) is 0 Å². The monoisotopic (exact) mass is 332 g/mol. The summed E-state index contributed by atoms with van der Waals surface area (Å²) in [5.74, 6) is 0. The summed E-state index contributed by atoms with van der Waals surface area (Å²) >= 11 is 0. The number of hydrogen-bond donors (Lipinski definition) is 0. The molecule has 0 unspecified atom stereocenters. The number of anilines is 1. The van der Waals surface area contributed by atoms with Gasteiger partial charge in [-0.25, -0.2) is 4.68 Å². The minimum absolute atomic E-state index is 0.369. The maximum absolute atomic E-state index is 4.64. The highest BCUT2D eigenvalue weighted by Crippen LogP contribution is 2.41. The van der Waals surface area contributed by atoms with Crippen LogP contribution >= 0.6 is 0 Å². The second kappa shape index (κ2) is 6.36. The molecule has 0 fully saturated rings. The lowest BCUT2D eigenvalue weighted by atomic mass is 9.95. The van der Waals surface area contributed by atoms with Crippen LogP contribution in [0.4, 0.5) is 5.69 Å². The molecule has 0 saturated carbocycles. The molecule has 2 aromatic carbocycles. The van der Waals surface area contributed by atoms with Crippen LogP contribution in [0.3, 0.4) is 0 Å². The van der Waals surface area contributed by atoms with E-state index in [9.17, 15) is 0 Å². The van der Waals surface area contributed by atoms with E-state index in [2.05, 4.69) is 89.3 Å². The van der Waals surface area contributed by atoms with Crippen LogP contribution < -0.4 is 4.90 Å². The Labute approximate surface area is 149 Å². The lowest BCUT2D eigenvalue weighted by molar-refractivity contribution is 0.422. The quantitative estimate of drug-likeness (QED) is 0.682. The third-order valence-corrected chi connectivity index (χ3v) is 5.23. The largest absolute Gasteiger partial charge is 0.370 e. The summed E-state index contributed by atoms with van der Waals surface area (Å²) in [4.78, 5) is 2.30. The van der Waals surface area contributed by atoms with E-state index in [4.69, 9.17) is 0 Å². The summed E-state index contributed by atoms with van der Waals surface area (Å²) in [5, 5.41) is 9.23. The van der Waals surface area contributed by atoms with Gasteiger partial charge in [-0.3, -0.25) is 0 Å². The molecule has 0 aliphatic carbocycles. The zero-order valence-electron chi connectivity index (χ0n) is 15.1. The Kier molecular flexibility index (Phi) is 4.04. The van der Waals surface area contributed by atoms with Crippen LogP contribution in [-0.2, 0) is 6.54 Å². The molecule has 0 N–H and O–H groups in total. The number of nitrogens with zero attached hydrogens (tertiary/aromatic N) is 4. The van der Waals surface area contributed by atoms with Crippen molar-refractivity contribution >= 4 is 5.69 Å². The molecule has 128 valence electrons. The van der Waals surface area contributed by atoms with Gasteiger partial charge in [0.1, 0.15) is 5.69 Å². The van der Waals surface area contributed by atoms with E-state index in [1.54, 1.807) is 0 Å². The first-order chi connectivity index (χ1) is 12.2. The fourth-order valence-corrected chi connectivity index (χ4v) is 3.85. The average Bonchev–Trinajstić information content (AvgIpc) is 3.06. The van der Waals surface area contributed by atoms with Gasteiger partial charge in [0, 0.05) is 30.4 Å². The van der Waals surface area contributed by atoms with Crippen LogP contribution in [-0.4, -0.2) is 22.0 Å². The van der Waals surface area contributed by atoms with E-state index >= 15 is 0 Å². The Balaban J connectivity index is 2.05. The molecule has 1 aromatic heterocycles. The Morgan fingerprint density at radius 3 is 2.40 bits per heavy atom. The molecule has 4 nitrogen and oxygen atoms in total. The normalized spacial score (nSPS) is 13.0. The van der Waals surface area contributed by atoms with E-state index in [0.29, 0.717) is 6.04 Å². The first-order valence-electron chi connectivity index (χ1n) is 9.08. The highest BCUT2D eigenvalue weighted by atomic mass is 15.4. The fraction of sp³-hybridized carbons (Fsp3) is 0.333. The third-order valence-electron chi connectivity index (χ3n) is 5.23. The van der Waals surface area contributed by atoms with Gasteiger partial charge in [-0.05, 0) is 24.5 Å². The molecule has 0 atom stereocenters. The molecule has 0 bridgehead atoms. The standard InChI is InChI=1S/C21H24N4/c1-4-16(5-2)25-21-17-11-7-6-10-15(17)14-24(3)19-13-9-8-12-18(19)20(21)22-23-25/h6-13,16H,4-5,14H2,1-3H3. The first kappa shape index (κ1) is 15.9. The molecule has 1 aliphatic heterocycles. The van der Waals surface area contributed by atoms with Crippen molar-refractivity contribution < 1.29 is 0 Å². The van der Waals surface area contributed by atoms with Crippen LogP contribution in [0, 0.1) is 0 Å². The van der Waals surface area contributed by atoms with Gasteiger partial charge in [-0.1, -0.05) is 61.5 Å². The summed E-state index contributed by atoms with van der Waals surface area (Å²) in [6.07, 6.45) is 2.10. The van der Waals surface area contributed by atoms with E-state index in [1.165, 1.54) is 16.8 Å². The number of benzene rings is 2. The van der Waals surface area contributed by atoms with Crippen molar-refractivity contribution in [3.63, 3.8) is 0 Å². The summed E-state index contributed by atoms with van der Waals surface area (Å²) in [6.45, 7) is 5.32. The Hall–Kier alpha value is -2.62. The fourth-order valence-electron chi connectivity index (χ4n) is 3.85. The van der Waals surface area contributed by atoms with Crippen LogP contribution in [0.5, 0.6) is 0 Å². The highest BCUT2D eigenvalue weighted by molar-refractivity contribution is 5.87. The molecule has 4 heteroatoms. The number of rotatable bonds is 3. The van der Waals surface area contributed by atoms with Gasteiger partial charge >= 0.3 is 0 Å². The zero-order chi connectivity index (χ0) is 17.4. The molecule has 0 saturated heterocycles. The molecule has 25 heavy (non-hydrogen) atoms. The average molecular weight is 332 g/mol. The summed E-state index contributed by atoms with van der Waals surface area (Å²) in [7, 11) is 2.14. The maximum Gasteiger partial charge on any atom is 0.123 e. The number of fused-ring (bicyclic) bond motifs is 5. The predicted molar refractivity (Wildman–Crippen MR) is 103 cm³/mol. The molecular formula is C21H24N4. The third kappa shape index (κ3) is 2.53. The van der Waals surface area contributed by atoms with E-state index in [1.807, 2.05) is 0 Å². The Morgan fingerprint density at radius 2 is 1.64 bits per heavy atom. The SMILES string of the molecule is CCC(CC)n1nnc2c1-c1ccccc1CN(C)c1ccccc1-2. The number of aromatic nitrogens is 3. The van der Waals surface area contributed by atoms with Crippen LogP contribution in [0.2, 0.25) is 0 Å². The summed E-state index contributed by atoms with van der Waals surface area (Å²) in [6, 6.07) is 17.5. The second-order valence-electron chi connectivity index (χ2n) is 6.73. The smallest absolute Gasteiger partial charge is 0.123 e. The van der Waals surface area contributed by atoms with Crippen molar-refractivity contribution in [2.24, 2.45) is 0 Å². The Morgan fingerprint density at radius 1 is 0.960 bits per heavy atom. The molecule has 1 aliphatic rings. The minimum atomic E-state index is 0.369. The summed E-state index contributed by atoms with van der Waals surface area (Å²) in [5.41, 5.74) is 7.07. The molecule has 0 amide bonds. The number of para-hydroxylation sites is 1. The second-order valence-corrected chi connectivity index (χ2v) is 6.73. The van der Waals surface area contributed by atoms with Crippen molar-refractivity contribution in [1.82, 2.24) is 15.0 Å².